The maximum atomic E-state index is 14.7. The van der Waals surface area contributed by atoms with Gasteiger partial charge in [0.1, 0.15) is 11.7 Å². The molecule has 0 aromatic heterocycles. The molecule has 0 aliphatic heterocycles. The Bertz CT molecular complexity index is 786. The van der Waals surface area contributed by atoms with E-state index in [1.807, 2.05) is 51.3 Å². The van der Waals surface area contributed by atoms with Gasteiger partial charge < -0.3 is 0 Å². The number of aliphatic imine (C=N–C) groups is 2. The van der Waals surface area contributed by atoms with Gasteiger partial charge in [-0.05, 0) is 68.2 Å². The Balaban J connectivity index is 2.22. The summed E-state index contributed by atoms with van der Waals surface area (Å²) in [4.78, 5) is 9.29. The molecule has 28 heavy (non-hydrogen) atoms. The van der Waals surface area contributed by atoms with Crippen molar-refractivity contribution in [1.82, 2.24) is 0 Å². The van der Waals surface area contributed by atoms with E-state index in [9.17, 15) is 4.39 Å². The van der Waals surface area contributed by atoms with E-state index in [-0.39, 0.29) is 11.7 Å². The van der Waals surface area contributed by atoms with Crippen molar-refractivity contribution < 1.29 is 4.39 Å². The summed E-state index contributed by atoms with van der Waals surface area (Å²) in [5, 5.41) is 0. The molecule has 0 heterocycles. The normalized spacial score (nSPS) is 22.0. The third kappa shape index (κ3) is 5.73. The fourth-order valence-corrected chi connectivity index (χ4v) is 3.47. The van der Waals surface area contributed by atoms with Gasteiger partial charge in [-0.15, -0.1) is 0 Å². The zero-order valence-corrected chi connectivity index (χ0v) is 18.3. The lowest BCUT2D eigenvalue weighted by Gasteiger charge is -2.10. The minimum Gasteiger partial charge on any atom is -0.241 e. The van der Waals surface area contributed by atoms with Crippen LogP contribution in [-0.2, 0) is 0 Å². The molecule has 2 unspecified atom stereocenters. The van der Waals surface area contributed by atoms with Crippen LogP contribution in [0.4, 0.5) is 4.39 Å². The van der Waals surface area contributed by atoms with Crippen LogP contribution in [0.1, 0.15) is 84.3 Å². The second kappa shape index (κ2) is 10.5. The Morgan fingerprint density at radius 3 is 2.57 bits per heavy atom. The summed E-state index contributed by atoms with van der Waals surface area (Å²) in [7, 11) is 0. The molecule has 1 fully saturated rings. The molecule has 0 radical (unpaired) electrons. The van der Waals surface area contributed by atoms with E-state index < -0.39 is 0 Å². The van der Waals surface area contributed by atoms with Crippen LogP contribution in [0, 0.1) is 17.7 Å². The fourth-order valence-electron chi connectivity index (χ4n) is 3.47. The van der Waals surface area contributed by atoms with Gasteiger partial charge in [0.25, 0.3) is 0 Å². The first-order valence-electron chi connectivity index (χ1n) is 10.7. The number of nitrogens with zero attached hydrogens (tertiary/aromatic N) is 2. The molecule has 0 amide bonds. The van der Waals surface area contributed by atoms with Gasteiger partial charge in [0, 0.05) is 17.8 Å². The van der Waals surface area contributed by atoms with Crippen LogP contribution in [0.5, 0.6) is 0 Å². The highest BCUT2D eigenvalue weighted by Crippen LogP contribution is 2.50. The second-order valence-electron chi connectivity index (χ2n) is 7.84. The summed E-state index contributed by atoms with van der Waals surface area (Å²) >= 11 is 0. The first-order chi connectivity index (χ1) is 13.4. The van der Waals surface area contributed by atoms with E-state index in [0.717, 1.165) is 41.1 Å². The zero-order chi connectivity index (χ0) is 20.7. The van der Waals surface area contributed by atoms with Gasteiger partial charge in [-0.3, -0.25) is 0 Å². The molecule has 0 spiro atoms. The number of amidine groups is 1. The van der Waals surface area contributed by atoms with Gasteiger partial charge in [-0.1, -0.05) is 57.9 Å². The number of hydrogen-bond donors (Lipinski definition) is 0. The van der Waals surface area contributed by atoms with Gasteiger partial charge in [-0.2, -0.15) is 0 Å². The maximum Gasteiger partial charge on any atom is 0.131 e. The molecule has 1 aliphatic carbocycles. The molecule has 1 aliphatic rings. The molecule has 0 bridgehead atoms. The lowest BCUT2D eigenvalue weighted by Crippen LogP contribution is -2.08. The van der Waals surface area contributed by atoms with Crippen LogP contribution in [0.3, 0.4) is 0 Å². The highest BCUT2D eigenvalue weighted by molar-refractivity contribution is 6.13. The van der Waals surface area contributed by atoms with Crippen LogP contribution in [0.2, 0.25) is 0 Å². The van der Waals surface area contributed by atoms with Crippen molar-refractivity contribution in [1.29, 1.82) is 0 Å². The van der Waals surface area contributed by atoms with Gasteiger partial charge in [-0.25, -0.2) is 14.4 Å². The highest BCUT2D eigenvalue weighted by Gasteiger charge is 2.38. The van der Waals surface area contributed by atoms with Gasteiger partial charge in [0.05, 0.1) is 0 Å². The average molecular weight is 383 g/mol. The molecule has 0 N–H and O–H groups in total. The smallest absolute Gasteiger partial charge is 0.131 e. The van der Waals surface area contributed by atoms with E-state index >= 15 is 0 Å². The van der Waals surface area contributed by atoms with Crippen molar-refractivity contribution in [3.63, 3.8) is 0 Å². The predicted octanol–water partition coefficient (Wildman–Crippen LogP) is 7.57. The number of allylic oxidation sites excluding steroid dienone is 4. The summed E-state index contributed by atoms with van der Waals surface area (Å²) < 4.78 is 14.7. The van der Waals surface area contributed by atoms with Crippen LogP contribution in [0.15, 0.2) is 46.0 Å². The van der Waals surface area contributed by atoms with E-state index in [1.165, 1.54) is 12.8 Å². The van der Waals surface area contributed by atoms with E-state index in [2.05, 4.69) is 30.8 Å². The van der Waals surface area contributed by atoms with Crippen molar-refractivity contribution in [2.24, 2.45) is 21.8 Å². The van der Waals surface area contributed by atoms with Crippen molar-refractivity contribution in [3.8, 4) is 0 Å². The Morgan fingerprint density at radius 2 is 2.00 bits per heavy atom. The first kappa shape index (κ1) is 22.3. The number of rotatable bonds is 8. The molecule has 2 nitrogen and oxygen atoms in total. The molecule has 152 valence electrons. The summed E-state index contributed by atoms with van der Waals surface area (Å²) in [6, 6.07) is 5.66. The molecule has 3 atom stereocenters. The molecule has 3 heteroatoms. The molecule has 1 aromatic carbocycles. The standard InChI is InChI=1S/C25H35FN2/c1-7-11-21-14-23(21)22-13-12-20(15-24(22)26)19(10-4)16-27-25(17(5)8-2)28-18(6)9-3/h9-10,12-13,15-17,21,23H,7-8,11,14H2,1-6H3/b18-9-,19-10+,27-16?,28-25?/t17?,21-,23?/m1/s1. The Labute approximate surface area is 170 Å². The average Bonchev–Trinajstić information content (AvgIpc) is 3.45. The summed E-state index contributed by atoms with van der Waals surface area (Å²) in [6.07, 6.45) is 10.2. The van der Waals surface area contributed by atoms with E-state index in [1.54, 1.807) is 6.07 Å². The Morgan fingerprint density at radius 1 is 1.25 bits per heavy atom. The van der Waals surface area contributed by atoms with E-state index in [4.69, 9.17) is 0 Å². The van der Waals surface area contributed by atoms with Crippen LogP contribution >= 0.6 is 0 Å². The quantitative estimate of drug-likeness (QED) is 0.327. The van der Waals surface area contributed by atoms with Crippen LogP contribution < -0.4 is 0 Å². The SMILES string of the molecule is C/C=C(/C)N=C(N=C/C(=C\C)c1ccc(C2C[C@H]2CCC)c(F)c1)C(C)CC. The van der Waals surface area contributed by atoms with Gasteiger partial charge in [0.15, 0.2) is 0 Å². The van der Waals surface area contributed by atoms with Crippen LogP contribution in [0.25, 0.3) is 5.57 Å². The topological polar surface area (TPSA) is 24.7 Å². The third-order valence-corrected chi connectivity index (χ3v) is 5.72. The molecule has 1 aromatic rings. The summed E-state index contributed by atoms with van der Waals surface area (Å²) in [5.41, 5.74) is 3.61. The molecule has 1 saturated carbocycles. The minimum absolute atomic E-state index is 0.0885. The fraction of sp³-hybridized carbons (Fsp3) is 0.520. The Kier molecular flexibility index (Phi) is 8.35. The van der Waals surface area contributed by atoms with Crippen molar-refractivity contribution in [3.05, 3.63) is 53.0 Å². The molecular weight excluding hydrogens is 347 g/mol. The van der Waals surface area contributed by atoms with Crippen LogP contribution in [-0.4, -0.2) is 12.1 Å². The maximum absolute atomic E-state index is 14.7. The summed E-state index contributed by atoms with van der Waals surface area (Å²) in [6.45, 7) is 12.4. The number of hydrogen-bond acceptors (Lipinski definition) is 1. The minimum atomic E-state index is -0.0885. The largest absolute Gasteiger partial charge is 0.241 e. The van der Waals surface area contributed by atoms with Gasteiger partial charge >= 0.3 is 0 Å². The zero-order valence-electron chi connectivity index (χ0n) is 18.3. The third-order valence-electron chi connectivity index (χ3n) is 5.72. The van der Waals surface area contributed by atoms with E-state index in [0.29, 0.717) is 11.8 Å². The Hall–Kier alpha value is -2.03. The van der Waals surface area contributed by atoms with Crippen molar-refractivity contribution in [2.75, 3.05) is 0 Å². The monoisotopic (exact) mass is 382 g/mol. The first-order valence-corrected chi connectivity index (χ1v) is 10.7. The van der Waals surface area contributed by atoms with Crippen molar-refractivity contribution in [2.45, 2.75) is 73.1 Å². The number of halogens is 1. The lowest BCUT2D eigenvalue weighted by molar-refractivity contribution is 0.599. The summed E-state index contributed by atoms with van der Waals surface area (Å²) in [5.74, 6) is 2.07. The number of benzene rings is 1. The van der Waals surface area contributed by atoms with Crippen molar-refractivity contribution >= 4 is 17.6 Å². The predicted molar refractivity (Wildman–Crippen MR) is 121 cm³/mol. The molecule has 0 saturated heterocycles. The second-order valence-corrected chi connectivity index (χ2v) is 7.84. The van der Waals surface area contributed by atoms with Gasteiger partial charge in [0.2, 0.25) is 0 Å². The molecular formula is C25H35FN2. The lowest BCUT2D eigenvalue weighted by atomic mass is 10.0. The molecule has 2 rings (SSSR count). The highest BCUT2D eigenvalue weighted by atomic mass is 19.1.